The van der Waals surface area contributed by atoms with Crippen molar-refractivity contribution < 1.29 is 14.4 Å². The lowest BCUT2D eigenvalue weighted by atomic mass is 10.3. The molecule has 2 aromatic rings. The third kappa shape index (κ3) is 3.41. The second-order valence-corrected chi connectivity index (χ2v) is 5.87. The van der Waals surface area contributed by atoms with Crippen molar-refractivity contribution in [2.24, 2.45) is 0 Å². The molecule has 0 bridgehead atoms. The summed E-state index contributed by atoms with van der Waals surface area (Å²) in [6, 6.07) is 0. The lowest BCUT2D eigenvalue weighted by molar-refractivity contribution is -0.133. The summed E-state index contributed by atoms with van der Waals surface area (Å²) >= 11 is 1.19. The molecule has 0 spiro atoms. The fraction of sp³-hybridized carbons (Fsp3) is 0.583. The van der Waals surface area contributed by atoms with Crippen molar-refractivity contribution in [1.82, 2.24) is 24.9 Å². The summed E-state index contributed by atoms with van der Waals surface area (Å²) in [7, 11) is 0. The molecule has 8 nitrogen and oxygen atoms in total. The predicted octanol–water partition coefficient (Wildman–Crippen LogP) is 1.27. The summed E-state index contributed by atoms with van der Waals surface area (Å²) < 4.78 is 6.93. The van der Waals surface area contributed by atoms with Crippen molar-refractivity contribution in [1.29, 1.82) is 0 Å². The van der Waals surface area contributed by atoms with Gasteiger partial charge in [0.15, 0.2) is 11.0 Å². The number of nitrogens with zero attached hydrogens (tertiary/aromatic N) is 5. The smallest absolute Gasteiger partial charge is 0.313 e. The molecule has 112 valence electrons. The minimum absolute atomic E-state index is 0.0237. The zero-order valence-electron chi connectivity index (χ0n) is 11.5. The van der Waals surface area contributed by atoms with E-state index in [-0.39, 0.29) is 5.75 Å². The lowest BCUT2D eigenvalue weighted by Crippen LogP contribution is -2.09. The highest BCUT2D eigenvalue weighted by molar-refractivity contribution is 7.99. The van der Waals surface area contributed by atoms with Gasteiger partial charge < -0.3 is 14.2 Å². The van der Waals surface area contributed by atoms with Crippen molar-refractivity contribution >= 4 is 17.7 Å². The van der Waals surface area contributed by atoms with Crippen LogP contribution in [0.15, 0.2) is 9.68 Å². The Kier molecular flexibility index (Phi) is 3.91. The molecular weight excluding hydrogens is 294 g/mol. The van der Waals surface area contributed by atoms with Crippen LogP contribution in [0.3, 0.4) is 0 Å². The van der Waals surface area contributed by atoms with Gasteiger partial charge in [0.25, 0.3) is 0 Å². The molecule has 3 rings (SSSR count). The first-order valence-electron chi connectivity index (χ1n) is 6.70. The third-order valence-electron chi connectivity index (χ3n) is 3.14. The molecule has 9 heteroatoms. The molecule has 1 fully saturated rings. The molecule has 1 saturated carbocycles. The van der Waals surface area contributed by atoms with Gasteiger partial charge in [-0.3, -0.25) is 4.79 Å². The Hall–Kier alpha value is -1.90. The average molecular weight is 309 g/mol. The van der Waals surface area contributed by atoms with Crippen LogP contribution in [0.4, 0.5) is 0 Å². The number of carbonyl (C=O) groups is 1. The van der Waals surface area contributed by atoms with E-state index in [4.69, 9.17) is 9.63 Å². The number of aryl methyl sites for hydroxylation is 2. The van der Waals surface area contributed by atoms with E-state index in [9.17, 15) is 4.79 Å². The molecule has 2 heterocycles. The highest BCUT2D eigenvalue weighted by atomic mass is 32.2. The Bertz CT molecular complexity index is 649. The molecule has 0 amide bonds. The van der Waals surface area contributed by atoms with E-state index in [0.717, 1.165) is 18.7 Å². The standard InChI is InChI=1S/C12H15N5O3S/c1-7-13-9(16-20-7)4-5-17-11(8-2-3-8)14-15-12(17)21-6-10(18)19/h8H,2-6H2,1H3,(H,18,19). The van der Waals surface area contributed by atoms with Crippen LogP contribution >= 0.6 is 11.8 Å². The largest absolute Gasteiger partial charge is 0.481 e. The quantitative estimate of drug-likeness (QED) is 0.762. The number of hydrogen-bond acceptors (Lipinski definition) is 7. The highest BCUT2D eigenvalue weighted by Gasteiger charge is 2.30. The number of rotatable bonds is 7. The van der Waals surface area contributed by atoms with Gasteiger partial charge in [-0.2, -0.15) is 4.98 Å². The van der Waals surface area contributed by atoms with Crippen LogP contribution in [0.5, 0.6) is 0 Å². The predicted molar refractivity (Wildman–Crippen MR) is 73.1 cm³/mol. The molecule has 0 atom stereocenters. The van der Waals surface area contributed by atoms with Gasteiger partial charge in [-0.15, -0.1) is 10.2 Å². The zero-order valence-corrected chi connectivity index (χ0v) is 12.3. The van der Waals surface area contributed by atoms with Crippen LogP contribution in [-0.2, 0) is 17.8 Å². The second kappa shape index (κ2) is 5.84. The first-order valence-corrected chi connectivity index (χ1v) is 7.69. The monoisotopic (exact) mass is 309 g/mol. The minimum Gasteiger partial charge on any atom is -0.481 e. The van der Waals surface area contributed by atoms with Crippen molar-refractivity contribution in [3.8, 4) is 0 Å². The fourth-order valence-corrected chi connectivity index (χ4v) is 2.73. The molecule has 21 heavy (non-hydrogen) atoms. The Morgan fingerprint density at radius 3 is 2.90 bits per heavy atom. The summed E-state index contributed by atoms with van der Waals surface area (Å²) in [6.07, 6.45) is 2.84. The fourth-order valence-electron chi connectivity index (χ4n) is 2.04. The van der Waals surface area contributed by atoms with E-state index in [1.165, 1.54) is 11.8 Å². The minimum atomic E-state index is -0.865. The first-order chi connectivity index (χ1) is 10.1. The summed E-state index contributed by atoms with van der Waals surface area (Å²) in [5.74, 6) is 1.67. The average Bonchev–Trinajstić information content (AvgIpc) is 3.08. The molecule has 2 aromatic heterocycles. The number of carboxylic acids is 1. The second-order valence-electron chi connectivity index (χ2n) is 4.93. The molecule has 1 N–H and O–H groups in total. The topological polar surface area (TPSA) is 107 Å². The molecule has 0 aromatic carbocycles. The number of hydrogen-bond donors (Lipinski definition) is 1. The summed E-state index contributed by atoms with van der Waals surface area (Å²) in [5.41, 5.74) is 0. The maximum atomic E-state index is 10.7. The van der Waals surface area contributed by atoms with Gasteiger partial charge in [-0.25, -0.2) is 0 Å². The van der Waals surface area contributed by atoms with E-state index in [1.807, 2.05) is 4.57 Å². The van der Waals surface area contributed by atoms with Gasteiger partial charge in [0.2, 0.25) is 5.89 Å². The van der Waals surface area contributed by atoms with E-state index < -0.39 is 5.97 Å². The first kappa shape index (κ1) is 14.1. The van der Waals surface area contributed by atoms with E-state index in [2.05, 4.69) is 20.3 Å². The molecule has 0 radical (unpaired) electrons. The van der Waals surface area contributed by atoms with Crippen LogP contribution in [0.1, 0.15) is 36.3 Å². The SMILES string of the molecule is Cc1nc(CCn2c(SCC(=O)O)nnc2C2CC2)no1. The molecular formula is C12H15N5O3S. The summed E-state index contributed by atoms with van der Waals surface area (Å²) in [4.78, 5) is 14.9. The Balaban J connectivity index is 1.73. The van der Waals surface area contributed by atoms with E-state index in [0.29, 0.717) is 35.8 Å². The zero-order chi connectivity index (χ0) is 14.8. The number of aromatic nitrogens is 5. The number of carboxylic acid groups (broad SMARTS) is 1. The van der Waals surface area contributed by atoms with Gasteiger partial charge in [-0.05, 0) is 12.8 Å². The van der Waals surface area contributed by atoms with Gasteiger partial charge in [0.05, 0.1) is 5.75 Å². The van der Waals surface area contributed by atoms with E-state index >= 15 is 0 Å². The van der Waals surface area contributed by atoms with Gasteiger partial charge in [0, 0.05) is 25.8 Å². The van der Waals surface area contributed by atoms with Crippen molar-refractivity contribution in [3.63, 3.8) is 0 Å². The Labute approximate surface area is 124 Å². The molecule has 1 aliphatic carbocycles. The normalized spacial score (nSPS) is 14.5. The third-order valence-corrected chi connectivity index (χ3v) is 4.09. The maximum Gasteiger partial charge on any atom is 0.313 e. The highest BCUT2D eigenvalue weighted by Crippen LogP contribution is 2.40. The Morgan fingerprint density at radius 1 is 1.48 bits per heavy atom. The molecule has 0 saturated heterocycles. The van der Waals surface area contributed by atoms with Crippen LogP contribution in [0.25, 0.3) is 0 Å². The van der Waals surface area contributed by atoms with Gasteiger partial charge >= 0.3 is 5.97 Å². The van der Waals surface area contributed by atoms with Crippen molar-refractivity contribution in [3.05, 3.63) is 17.5 Å². The van der Waals surface area contributed by atoms with Crippen molar-refractivity contribution in [2.75, 3.05) is 5.75 Å². The van der Waals surface area contributed by atoms with Crippen LogP contribution in [0, 0.1) is 6.92 Å². The van der Waals surface area contributed by atoms with E-state index in [1.54, 1.807) is 6.92 Å². The van der Waals surface area contributed by atoms with Gasteiger partial charge in [0.1, 0.15) is 5.82 Å². The van der Waals surface area contributed by atoms with Crippen LogP contribution in [0.2, 0.25) is 0 Å². The van der Waals surface area contributed by atoms with Crippen molar-refractivity contribution in [2.45, 2.75) is 43.8 Å². The molecule has 0 aliphatic heterocycles. The number of thioether (sulfide) groups is 1. The maximum absolute atomic E-state index is 10.7. The summed E-state index contributed by atoms with van der Waals surface area (Å²) in [6.45, 7) is 2.37. The summed E-state index contributed by atoms with van der Waals surface area (Å²) in [5, 5.41) is 21.6. The Morgan fingerprint density at radius 2 is 2.29 bits per heavy atom. The molecule has 1 aliphatic rings. The van der Waals surface area contributed by atoms with Gasteiger partial charge in [-0.1, -0.05) is 16.9 Å². The van der Waals surface area contributed by atoms with Crippen LogP contribution in [-0.4, -0.2) is 41.7 Å². The molecule has 0 unspecified atom stereocenters. The lowest BCUT2D eigenvalue weighted by Gasteiger charge is -2.07. The van der Waals surface area contributed by atoms with Crippen LogP contribution < -0.4 is 0 Å². The number of aliphatic carboxylic acids is 1.